The Morgan fingerprint density at radius 2 is 1.78 bits per heavy atom. The summed E-state index contributed by atoms with van der Waals surface area (Å²) in [4.78, 5) is 23.7. The van der Waals surface area contributed by atoms with Crippen LogP contribution in [0.4, 0.5) is 0 Å². The van der Waals surface area contributed by atoms with Gasteiger partial charge in [0, 0.05) is 11.1 Å². The van der Waals surface area contributed by atoms with Gasteiger partial charge in [0.05, 0.1) is 21.7 Å². The van der Waals surface area contributed by atoms with Crippen LogP contribution >= 0.6 is 0 Å². The number of nitrogens with one attached hydrogen (secondary N) is 1. The Hall–Kier alpha value is -4.02. The minimum Gasteiger partial charge on any atom is -0.478 e. The van der Waals surface area contributed by atoms with Crippen molar-refractivity contribution in [3.63, 3.8) is 0 Å². The van der Waals surface area contributed by atoms with E-state index in [1.54, 1.807) is 31.2 Å². The van der Waals surface area contributed by atoms with Crippen LogP contribution in [0.3, 0.4) is 0 Å². The molecule has 3 aromatic rings. The highest BCUT2D eigenvalue weighted by Crippen LogP contribution is 2.34. The molecule has 0 fully saturated rings. The second kappa shape index (κ2) is 7.91. The maximum Gasteiger partial charge on any atom is 0.335 e. The summed E-state index contributed by atoms with van der Waals surface area (Å²) in [6.45, 7) is 1.66. The van der Waals surface area contributed by atoms with Crippen LogP contribution in [-0.2, 0) is 14.8 Å². The van der Waals surface area contributed by atoms with Gasteiger partial charge in [0.1, 0.15) is 11.5 Å². The molecule has 0 aliphatic carbocycles. The van der Waals surface area contributed by atoms with Crippen LogP contribution in [-0.4, -0.2) is 31.1 Å². The molecule has 1 amide bonds. The number of hydrogen-bond acceptors (Lipinski definition) is 6. The lowest BCUT2D eigenvalue weighted by Crippen LogP contribution is -2.15. The molecule has 162 valence electrons. The molecule has 2 heterocycles. The molecule has 4 rings (SSSR count). The van der Waals surface area contributed by atoms with Gasteiger partial charge < -0.3 is 9.52 Å². The van der Waals surface area contributed by atoms with Crippen molar-refractivity contribution >= 4 is 33.2 Å². The molecule has 2 aromatic carbocycles. The Morgan fingerprint density at radius 1 is 1.06 bits per heavy atom. The lowest BCUT2D eigenvalue weighted by molar-refractivity contribution is -0.116. The van der Waals surface area contributed by atoms with Crippen molar-refractivity contribution < 1.29 is 27.5 Å². The van der Waals surface area contributed by atoms with Crippen LogP contribution in [0.2, 0.25) is 0 Å². The molecule has 0 unspecified atom stereocenters. The molecule has 10 heteroatoms. The first-order valence-corrected chi connectivity index (χ1v) is 10.9. The first kappa shape index (κ1) is 21.2. The Labute approximate surface area is 182 Å². The maximum atomic E-state index is 12.5. The van der Waals surface area contributed by atoms with Gasteiger partial charge in [-0.25, -0.2) is 23.8 Å². The van der Waals surface area contributed by atoms with Gasteiger partial charge in [-0.2, -0.15) is 5.10 Å². The van der Waals surface area contributed by atoms with Crippen molar-refractivity contribution in [2.75, 3.05) is 0 Å². The van der Waals surface area contributed by atoms with Crippen LogP contribution in [0, 0.1) is 0 Å². The van der Waals surface area contributed by atoms with Crippen molar-refractivity contribution in [3.8, 4) is 11.3 Å². The first-order valence-electron chi connectivity index (χ1n) is 9.31. The van der Waals surface area contributed by atoms with Gasteiger partial charge in [0.2, 0.25) is 10.0 Å². The Balaban J connectivity index is 1.86. The number of nitrogens with two attached hydrogens (primary N) is 1. The normalized spacial score (nSPS) is 15.3. The third kappa shape index (κ3) is 3.96. The molecule has 0 saturated carbocycles. The van der Waals surface area contributed by atoms with Crippen molar-refractivity contribution in [1.29, 1.82) is 0 Å². The Bertz CT molecular complexity index is 1420. The van der Waals surface area contributed by atoms with Gasteiger partial charge in [-0.05, 0) is 48.9 Å². The molecule has 1 aliphatic heterocycles. The Morgan fingerprint density at radius 3 is 2.38 bits per heavy atom. The fourth-order valence-corrected chi connectivity index (χ4v) is 3.87. The summed E-state index contributed by atoms with van der Waals surface area (Å²) in [7, 11) is -3.88. The molecule has 0 bridgehead atoms. The van der Waals surface area contributed by atoms with Gasteiger partial charge >= 0.3 is 5.97 Å². The molecule has 0 spiro atoms. The third-order valence-corrected chi connectivity index (χ3v) is 5.81. The number of furan rings is 1. The number of amides is 1. The molecule has 0 saturated heterocycles. The van der Waals surface area contributed by atoms with Crippen LogP contribution in [0.15, 0.2) is 80.7 Å². The smallest absolute Gasteiger partial charge is 0.335 e. The number of primary sulfonamides is 1. The number of hydrogen-bond donors (Lipinski definition) is 3. The maximum absolute atomic E-state index is 12.5. The average molecular weight is 451 g/mol. The zero-order valence-electron chi connectivity index (χ0n) is 16.7. The third-order valence-electron chi connectivity index (χ3n) is 4.88. The van der Waals surface area contributed by atoms with Gasteiger partial charge in [-0.15, -0.1) is 0 Å². The van der Waals surface area contributed by atoms with E-state index in [9.17, 15) is 23.1 Å². The number of carbonyl (C=O) groups excluding carboxylic acids is 1. The summed E-state index contributed by atoms with van der Waals surface area (Å²) in [5, 5.41) is 18.4. The number of carbonyl (C=O) groups is 2. The number of sulfonamides is 1. The predicted octanol–water partition coefficient (Wildman–Crippen LogP) is 2.60. The largest absolute Gasteiger partial charge is 0.478 e. The fraction of sp³-hybridized carbons (Fsp3) is 0.0455. The van der Waals surface area contributed by atoms with Gasteiger partial charge in [0.25, 0.3) is 5.91 Å². The molecular formula is C22H17N3O6S. The van der Waals surface area contributed by atoms with Gasteiger partial charge in [-0.3, -0.25) is 4.79 Å². The summed E-state index contributed by atoms with van der Waals surface area (Å²) >= 11 is 0. The predicted molar refractivity (Wildman–Crippen MR) is 116 cm³/mol. The van der Waals surface area contributed by atoms with E-state index in [-0.39, 0.29) is 16.0 Å². The van der Waals surface area contributed by atoms with Crippen LogP contribution in [0.5, 0.6) is 0 Å². The van der Waals surface area contributed by atoms with Crippen LogP contribution in [0.25, 0.3) is 16.9 Å². The van der Waals surface area contributed by atoms with Crippen molar-refractivity contribution in [1.82, 2.24) is 5.43 Å². The second-order valence-corrected chi connectivity index (χ2v) is 8.57. The summed E-state index contributed by atoms with van der Waals surface area (Å²) < 4.78 is 29.2. The fourth-order valence-electron chi connectivity index (χ4n) is 3.36. The zero-order valence-corrected chi connectivity index (χ0v) is 17.5. The number of benzene rings is 2. The van der Waals surface area contributed by atoms with E-state index in [0.717, 1.165) is 0 Å². The molecular weight excluding hydrogens is 434 g/mol. The molecule has 9 nitrogen and oxygen atoms in total. The van der Waals surface area contributed by atoms with E-state index in [1.165, 1.54) is 36.4 Å². The monoisotopic (exact) mass is 451 g/mol. The summed E-state index contributed by atoms with van der Waals surface area (Å²) in [6.07, 6.45) is 0. The molecule has 0 radical (unpaired) electrons. The van der Waals surface area contributed by atoms with E-state index in [0.29, 0.717) is 33.9 Å². The minimum atomic E-state index is -3.88. The SMILES string of the molecule is CC1=NNC(=O)C1=C(c1ccc(S(N)(=O)=O)cc1)c1ccc(-c2cccc(C(=O)O)c2)o1. The van der Waals surface area contributed by atoms with Crippen molar-refractivity contribution in [3.05, 3.63) is 83.1 Å². The molecule has 1 aliphatic rings. The van der Waals surface area contributed by atoms with E-state index in [1.807, 2.05) is 0 Å². The average Bonchev–Trinajstić information content (AvgIpc) is 3.37. The summed E-state index contributed by atoms with van der Waals surface area (Å²) in [6, 6.07) is 15.3. The lowest BCUT2D eigenvalue weighted by Gasteiger charge is -2.10. The summed E-state index contributed by atoms with van der Waals surface area (Å²) in [5.74, 6) is -0.772. The van der Waals surface area contributed by atoms with Crippen LogP contribution < -0.4 is 10.6 Å². The molecule has 0 atom stereocenters. The highest BCUT2D eigenvalue weighted by molar-refractivity contribution is 7.89. The number of aromatic carboxylic acids is 1. The standard InChI is InChI=1S/C22H17N3O6S/c1-12-19(21(26)25-24-12)20(13-5-7-16(8-6-13)32(23,29)30)18-10-9-17(31-18)14-3-2-4-15(11-14)22(27)28/h2-11H,1H3,(H,25,26)(H,27,28)(H2,23,29,30). The number of rotatable bonds is 5. The lowest BCUT2D eigenvalue weighted by atomic mass is 9.95. The highest BCUT2D eigenvalue weighted by Gasteiger charge is 2.27. The summed E-state index contributed by atoms with van der Waals surface area (Å²) in [5.41, 5.74) is 4.68. The Kier molecular flexibility index (Phi) is 5.25. The highest BCUT2D eigenvalue weighted by atomic mass is 32.2. The zero-order chi connectivity index (χ0) is 23.0. The van der Waals surface area contributed by atoms with Crippen LogP contribution in [0.1, 0.15) is 28.6 Å². The number of carboxylic acid groups (broad SMARTS) is 1. The van der Waals surface area contributed by atoms with Crippen molar-refractivity contribution in [2.45, 2.75) is 11.8 Å². The quantitative estimate of drug-likeness (QED) is 0.507. The molecule has 4 N–H and O–H groups in total. The first-order chi connectivity index (χ1) is 15.1. The minimum absolute atomic E-state index is 0.0718. The molecule has 1 aromatic heterocycles. The van der Waals surface area contributed by atoms with E-state index in [2.05, 4.69) is 10.5 Å². The van der Waals surface area contributed by atoms with Gasteiger partial charge in [-0.1, -0.05) is 24.3 Å². The molecule has 32 heavy (non-hydrogen) atoms. The van der Waals surface area contributed by atoms with Crippen molar-refractivity contribution in [2.24, 2.45) is 10.2 Å². The second-order valence-electron chi connectivity index (χ2n) is 7.01. The number of hydrazone groups is 1. The van der Waals surface area contributed by atoms with E-state index in [4.69, 9.17) is 9.56 Å². The van der Waals surface area contributed by atoms with E-state index < -0.39 is 21.9 Å². The number of carboxylic acids is 1. The van der Waals surface area contributed by atoms with Gasteiger partial charge in [0.15, 0.2) is 0 Å². The van der Waals surface area contributed by atoms with E-state index >= 15 is 0 Å². The topological polar surface area (TPSA) is 152 Å². The number of nitrogens with zero attached hydrogens (tertiary/aromatic N) is 1.